The molecule has 0 saturated carbocycles. The van der Waals surface area contributed by atoms with Crippen LogP contribution in [0.5, 0.6) is 0 Å². The predicted molar refractivity (Wildman–Crippen MR) is 126 cm³/mol. The van der Waals surface area contributed by atoms with Crippen molar-refractivity contribution in [3.63, 3.8) is 0 Å². The van der Waals surface area contributed by atoms with Gasteiger partial charge in [-0.3, -0.25) is 14.9 Å². The van der Waals surface area contributed by atoms with Gasteiger partial charge in [0, 0.05) is 33.5 Å². The number of carbonyl (C=O) groups excluding carboxylic acids is 1. The molecule has 0 atom stereocenters. The summed E-state index contributed by atoms with van der Waals surface area (Å²) >= 11 is 3.54. The van der Waals surface area contributed by atoms with Crippen LogP contribution >= 0.6 is 34.4 Å². The summed E-state index contributed by atoms with van der Waals surface area (Å²) in [7, 11) is 0. The van der Waals surface area contributed by atoms with Gasteiger partial charge in [-0.25, -0.2) is 0 Å². The van der Waals surface area contributed by atoms with Crippen LogP contribution in [0.3, 0.4) is 0 Å². The molecule has 30 heavy (non-hydrogen) atoms. The van der Waals surface area contributed by atoms with E-state index in [0.29, 0.717) is 23.1 Å². The first-order valence-electron chi connectivity index (χ1n) is 9.17. The van der Waals surface area contributed by atoms with Crippen molar-refractivity contribution < 1.29 is 9.72 Å². The molecule has 1 N–H and O–H groups in total. The highest BCUT2D eigenvalue weighted by Gasteiger charge is 2.17. The molecule has 0 fully saturated rings. The number of aryl methyl sites for hydroxylation is 2. The molecule has 0 aliphatic rings. The third kappa shape index (κ3) is 4.98. The van der Waals surface area contributed by atoms with E-state index >= 15 is 0 Å². The van der Waals surface area contributed by atoms with Crippen molar-refractivity contribution in [2.75, 3.05) is 11.1 Å². The Labute approximate surface area is 191 Å². The Balaban J connectivity index is 1.75. The number of nitro benzene ring substituents is 1. The fourth-order valence-electron chi connectivity index (χ4n) is 3.07. The van der Waals surface area contributed by atoms with E-state index in [9.17, 15) is 14.9 Å². The van der Waals surface area contributed by atoms with Crippen molar-refractivity contribution in [3.05, 3.63) is 61.2 Å². The fraction of sp³-hybridized carbons (Fsp3) is 0.250. The molecule has 0 aliphatic heterocycles. The zero-order chi connectivity index (χ0) is 21.8. The highest BCUT2D eigenvalue weighted by molar-refractivity contribution is 14.1. The van der Waals surface area contributed by atoms with Crippen LogP contribution in [-0.4, -0.2) is 31.3 Å². The Bertz CT molecular complexity index is 1090. The predicted octanol–water partition coefficient (Wildman–Crippen LogP) is 4.83. The third-order valence-corrected chi connectivity index (χ3v) is 6.03. The number of hydrogen-bond acceptors (Lipinski definition) is 6. The SMILES string of the molecule is CCn1c(SCC(=O)Nc2c(C)cc(I)cc2C)nnc1-c1cccc([N+](=O)[O-])c1. The highest BCUT2D eigenvalue weighted by Crippen LogP contribution is 2.27. The summed E-state index contributed by atoms with van der Waals surface area (Å²) < 4.78 is 2.97. The molecule has 0 spiro atoms. The average Bonchev–Trinajstić information content (AvgIpc) is 3.12. The van der Waals surface area contributed by atoms with Gasteiger partial charge in [-0.2, -0.15) is 0 Å². The maximum absolute atomic E-state index is 12.5. The van der Waals surface area contributed by atoms with Crippen LogP contribution in [0.1, 0.15) is 18.1 Å². The van der Waals surface area contributed by atoms with Gasteiger partial charge in [0.15, 0.2) is 11.0 Å². The number of thioether (sulfide) groups is 1. The van der Waals surface area contributed by atoms with E-state index in [2.05, 4.69) is 38.1 Å². The van der Waals surface area contributed by atoms with E-state index in [1.165, 1.54) is 23.9 Å². The van der Waals surface area contributed by atoms with Gasteiger partial charge < -0.3 is 9.88 Å². The van der Waals surface area contributed by atoms with Crippen LogP contribution in [0, 0.1) is 27.5 Å². The molecule has 0 saturated heterocycles. The smallest absolute Gasteiger partial charge is 0.270 e. The Morgan fingerprint density at radius 2 is 1.93 bits per heavy atom. The van der Waals surface area contributed by atoms with Crippen LogP contribution in [0.25, 0.3) is 11.4 Å². The number of halogens is 1. The summed E-state index contributed by atoms with van der Waals surface area (Å²) in [6.07, 6.45) is 0. The van der Waals surface area contributed by atoms with Crippen LogP contribution in [-0.2, 0) is 11.3 Å². The molecule has 0 unspecified atom stereocenters. The number of amides is 1. The number of nitro groups is 1. The molecular formula is C20H20IN5O3S. The monoisotopic (exact) mass is 537 g/mol. The Morgan fingerprint density at radius 3 is 2.57 bits per heavy atom. The summed E-state index contributed by atoms with van der Waals surface area (Å²) in [6, 6.07) is 10.3. The third-order valence-electron chi connectivity index (χ3n) is 4.44. The van der Waals surface area contributed by atoms with Gasteiger partial charge in [0.2, 0.25) is 5.91 Å². The first-order chi connectivity index (χ1) is 14.3. The van der Waals surface area contributed by atoms with Crippen LogP contribution in [0.2, 0.25) is 0 Å². The van der Waals surface area contributed by atoms with Gasteiger partial charge in [-0.15, -0.1) is 10.2 Å². The van der Waals surface area contributed by atoms with E-state index in [0.717, 1.165) is 20.4 Å². The van der Waals surface area contributed by atoms with Crippen LogP contribution in [0.4, 0.5) is 11.4 Å². The topological polar surface area (TPSA) is 103 Å². The lowest BCUT2D eigenvalue weighted by Crippen LogP contribution is -2.16. The number of benzene rings is 2. The summed E-state index contributed by atoms with van der Waals surface area (Å²) in [5.74, 6) is 0.584. The maximum atomic E-state index is 12.5. The molecule has 156 valence electrons. The van der Waals surface area contributed by atoms with E-state index in [1.807, 2.05) is 37.5 Å². The minimum absolute atomic E-state index is 0.00463. The number of hydrogen-bond donors (Lipinski definition) is 1. The summed E-state index contributed by atoms with van der Waals surface area (Å²) in [5, 5.41) is 23.0. The number of nitrogens with one attached hydrogen (secondary N) is 1. The van der Waals surface area contributed by atoms with Crippen molar-refractivity contribution in [2.24, 2.45) is 0 Å². The molecule has 3 rings (SSSR count). The Kier molecular flexibility index (Phi) is 7.08. The van der Waals surface area contributed by atoms with E-state index < -0.39 is 4.92 Å². The molecule has 8 nitrogen and oxygen atoms in total. The minimum atomic E-state index is -0.440. The van der Waals surface area contributed by atoms with Crippen LogP contribution in [0.15, 0.2) is 41.6 Å². The standard InChI is InChI=1S/C20H20IN5O3S/c1-4-25-19(14-6-5-7-16(10-14)26(28)29)23-24-20(25)30-11-17(27)22-18-12(2)8-15(21)9-13(18)3/h5-10H,4,11H2,1-3H3,(H,22,27). The number of carbonyl (C=O) groups is 1. The largest absolute Gasteiger partial charge is 0.325 e. The minimum Gasteiger partial charge on any atom is -0.325 e. The molecule has 10 heteroatoms. The summed E-state index contributed by atoms with van der Waals surface area (Å²) in [4.78, 5) is 23.1. The first kappa shape index (κ1) is 22.2. The fourth-order valence-corrected chi connectivity index (χ4v) is 4.80. The van der Waals surface area contributed by atoms with Crippen molar-refractivity contribution in [1.82, 2.24) is 14.8 Å². The van der Waals surface area contributed by atoms with E-state index in [1.54, 1.807) is 12.1 Å². The normalized spacial score (nSPS) is 10.8. The molecule has 2 aromatic carbocycles. The second kappa shape index (κ2) is 9.56. The molecule has 0 radical (unpaired) electrons. The second-order valence-corrected chi connectivity index (χ2v) is 8.80. The van der Waals surface area contributed by atoms with Gasteiger partial charge >= 0.3 is 0 Å². The van der Waals surface area contributed by atoms with Crippen molar-refractivity contribution in [3.8, 4) is 11.4 Å². The molecule has 1 amide bonds. The lowest BCUT2D eigenvalue weighted by molar-refractivity contribution is -0.384. The lowest BCUT2D eigenvalue weighted by Gasteiger charge is -2.12. The number of rotatable bonds is 7. The van der Waals surface area contributed by atoms with Gasteiger partial charge in [0.25, 0.3) is 5.69 Å². The second-order valence-electron chi connectivity index (χ2n) is 6.61. The molecular weight excluding hydrogens is 517 g/mol. The molecule has 3 aromatic rings. The Hall–Kier alpha value is -2.47. The van der Waals surface area contributed by atoms with E-state index in [-0.39, 0.29) is 17.3 Å². The zero-order valence-corrected chi connectivity index (χ0v) is 19.7. The zero-order valence-electron chi connectivity index (χ0n) is 16.7. The maximum Gasteiger partial charge on any atom is 0.270 e. The van der Waals surface area contributed by atoms with Crippen molar-refractivity contribution in [1.29, 1.82) is 0 Å². The molecule has 0 aliphatic carbocycles. The molecule has 1 heterocycles. The number of anilines is 1. The molecule has 1 aromatic heterocycles. The van der Waals surface area contributed by atoms with Gasteiger partial charge in [-0.1, -0.05) is 23.9 Å². The van der Waals surface area contributed by atoms with Gasteiger partial charge in [0.05, 0.1) is 10.7 Å². The Morgan fingerprint density at radius 1 is 1.23 bits per heavy atom. The quantitative estimate of drug-likeness (QED) is 0.201. The molecule has 0 bridgehead atoms. The van der Waals surface area contributed by atoms with E-state index in [4.69, 9.17) is 0 Å². The van der Waals surface area contributed by atoms with Gasteiger partial charge in [0.1, 0.15) is 0 Å². The summed E-state index contributed by atoms with van der Waals surface area (Å²) in [5.41, 5.74) is 3.47. The number of nitrogens with zero attached hydrogens (tertiary/aromatic N) is 4. The first-order valence-corrected chi connectivity index (χ1v) is 11.2. The summed E-state index contributed by atoms with van der Waals surface area (Å²) in [6.45, 7) is 6.45. The van der Waals surface area contributed by atoms with Crippen LogP contribution < -0.4 is 5.32 Å². The lowest BCUT2D eigenvalue weighted by atomic mass is 10.1. The number of non-ortho nitro benzene ring substituents is 1. The average molecular weight is 537 g/mol. The number of aromatic nitrogens is 3. The van der Waals surface area contributed by atoms with Gasteiger partial charge in [-0.05, 0) is 66.6 Å². The van der Waals surface area contributed by atoms with Crippen molar-refractivity contribution >= 4 is 51.6 Å². The van der Waals surface area contributed by atoms with Crippen molar-refractivity contribution in [2.45, 2.75) is 32.5 Å². The highest BCUT2D eigenvalue weighted by atomic mass is 127.